The molecule has 0 radical (unpaired) electrons. The molecule has 0 saturated carbocycles. The number of benzene rings is 2. The first-order valence-electron chi connectivity index (χ1n) is 10.2. The van der Waals surface area contributed by atoms with Gasteiger partial charge in [-0.1, -0.05) is 12.1 Å². The van der Waals surface area contributed by atoms with E-state index in [-0.39, 0.29) is 35.5 Å². The molecule has 2 aliphatic heterocycles. The summed E-state index contributed by atoms with van der Waals surface area (Å²) in [7, 11) is 0. The Kier molecular flexibility index (Phi) is 6.08. The van der Waals surface area contributed by atoms with Crippen LogP contribution in [0.15, 0.2) is 48.5 Å². The van der Waals surface area contributed by atoms with Crippen LogP contribution in [0.1, 0.15) is 34.9 Å². The van der Waals surface area contributed by atoms with E-state index >= 15 is 0 Å². The van der Waals surface area contributed by atoms with Crippen molar-refractivity contribution in [1.82, 2.24) is 9.80 Å². The Hall–Kier alpha value is -2.80. The second-order valence-corrected chi connectivity index (χ2v) is 7.79. The molecular formula is C23H24F2N2O3. The molecule has 2 atom stereocenters. The van der Waals surface area contributed by atoms with Gasteiger partial charge in [-0.3, -0.25) is 9.59 Å². The molecule has 7 heteroatoms. The van der Waals surface area contributed by atoms with Gasteiger partial charge in [0.25, 0.3) is 5.91 Å². The fourth-order valence-electron chi connectivity index (χ4n) is 4.12. The zero-order chi connectivity index (χ0) is 21.1. The summed E-state index contributed by atoms with van der Waals surface area (Å²) < 4.78 is 32.1. The highest BCUT2D eigenvalue weighted by atomic mass is 19.1. The second kappa shape index (κ2) is 8.92. The lowest BCUT2D eigenvalue weighted by Gasteiger charge is -2.38. The van der Waals surface area contributed by atoms with Gasteiger partial charge in [-0.25, -0.2) is 8.78 Å². The number of piperidine rings is 1. The van der Waals surface area contributed by atoms with Crippen molar-refractivity contribution in [2.24, 2.45) is 5.92 Å². The number of amides is 2. The van der Waals surface area contributed by atoms with Crippen LogP contribution in [0.25, 0.3) is 0 Å². The van der Waals surface area contributed by atoms with Crippen molar-refractivity contribution in [2.75, 3.05) is 32.8 Å². The molecule has 0 N–H and O–H groups in total. The minimum Gasteiger partial charge on any atom is -0.370 e. The first kappa shape index (κ1) is 20.5. The highest BCUT2D eigenvalue weighted by molar-refractivity contribution is 5.94. The molecule has 0 aliphatic carbocycles. The SMILES string of the molecule is O=C(c1ccc(F)cc1)N1CCCC(C(=O)N2CCOC(c3ccc(F)cc3)C2)C1. The second-order valence-electron chi connectivity index (χ2n) is 7.79. The summed E-state index contributed by atoms with van der Waals surface area (Å²) in [6.07, 6.45) is 1.18. The van der Waals surface area contributed by atoms with Crippen molar-refractivity contribution in [2.45, 2.75) is 18.9 Å². The Bertz CT molecular complexity index is 902. The van der Waals surface area contributed by atoms with Crippen molar-refractivity contribution in [3.8, 4) is 0 Å². The Morgan fingerprint density at radius 3 is 2.23 bits per heavy atom. The maximum absolute atomic E-state index is 13.2. The molecule has 2 saturated heterocycles. The predicted molar refractivity (Wildman–Crippen MR) is 107 cm³/mol. The third-order valence-corrected chi connectivity index (χ3v) is 5.77. The minimum absolute atomic E-state index is 0.0158. The first-order valence-corrected chi connectivity index (χ1v) is 10.2. The summed E-state index contributed by atoms with van der Waals surface area (Å²) in [5.41, 5.74) is 1.26. The van der Waals surface area contributed by atoms with E-state index in [4.69, 9.17) is 4.74 Å². The summed E-state index contributed by atoms with van der Waals surface area (Å²) in [6.45, 7) is 2.26. The molecule has 0 bridgehead atoms. The molecule has 30 heavy (non-hydrogen) atoms. The van der Waals surface area contributed by atoms with Gasteiger partial charge in [0.2, 0.25) is 5.91 Å². The van der Waals surface area contributed by atoms with E-state index in [1.54, 1.807) is 21.9 Å². The van der Waals surface area contributed by atoms with Crippen molar-refractivity contribution in [3.05, 3.63) is 71.3 Å². The van der Waals surface area contributed by atoms with Gasteiger partial charge in [-0.05, 0) is 54.8 Å². The van der Waals surface area contributed by atoms with E-state index in [1.807, 2.05) is 0 Å². The summed E-state index contributed by atoms with van der Waals surface area (Å²) >= 11 is 0. The molecule has 2 unspecified atom stereocenters. The molecular weight excluding hydrogens is 390 g/mol. The summed E-state index contributed by atoms with van der Waals surface area (Å²) in [6, 6.07) is 11.6. The average Bonchev–Trinajstić information content (AvgIpc) is 2.79. The van der Waals surface area contributed by atoms with E-state index in [0.717, 1.165) is 18.4 Å². The fourth-order valence-corrected chi connectivity index (χ4v) is 4.12. The minimum atomic E-state index is -0.388. The smallest absolute Gasteiger partial charge is 0.253 e. The molecule has 2 aliphatic rings. The Morgan fingerprint density at radius 1 is 0.867 bits per heavy atom. The van der Waals surface area contributed by atoms with Gasteiger partial charge in [-0.15, -0.1) is 0 Å². The lowest BCUT2D eigenvalue weighted by Crippen LogP contribution is -2.50. The van der Waals surface area contributed by atoms with Gasteiger partial charge in [0.15, 0.2) is 0 Å². The van der Waals surface area contributed by atoms with Crippen LogP contribution in [0.2, 0.25) is 0 Å². The van der Waals surface area contributed by atoms with E-state index < -0.39 is 0 Å². The van der Waals surface area contributed by atoms with Crippen LogP contribution in [-0.4, -0.2) is 54.4 Å². The van der Waals surface area contributed by atoms with Crippen molar-refractivity contribution in [1.29, 1.82) is 0 Å². The number of carbonyl (C=O) groups excluding carboxylic acids is 2. The summed E-state index contributed by atoms with van der Waals surface area (Å²) in [5.74, 6) is -1.13. The fraction of sp³-hybridized carbons (Fsp3) is 0.391. The number of hydrogen-bond acceptors (Lipinski definition) is 3. The number of carbonyl (C=O) groups is 2. The molecule has 0 spiro atoms. The van der Waals surface area contributed by atoms with Crippen molar-refractivity contribution < 1.29 is 23.1 Å². The third kappa shape index (κ3) is 4.51. The van der Waals surface area contributed by atoms with Crippen LogP contribution in [0.3, 0.4) is 0 Å². The van der Waals surface area contributed by atoms with Crippen LogP contribution >= 0.6 is 0 Å². The standard InChI is InChI=1S/C23H24F2N2O3/c24-19-7-3-16(4-8-19)21-15-27(12-13-30-21)23(29)18-2-1-11-26(14-18)22(28)17-5-9-20(25)10-6-17/h3-10,18,21H,1-2,11-15H2. The number of hydrogen-bond donors (Lipinski definition) is 0. The number of likely N-dealkylation sites (tertiary alicyclic amines) is 1. The largest absolute Gasteiger partial charge is 0.370 e. The van der Waals surface area contributed by atoms with Crippen molar-refractivity contribution >= 4 is 11.8 Å². The zero-order valence-electron chi connectivity index (χ0n) is 16.6. The Morgan fingerprint density at radius 2 is 1.53 bits per heavy atom. The van der Waals surface area contributed by atoms with E-state index in [0.29, 0.717) is 38.3 Å². The van der Waals surface area contributed by atoms with Crippen LogP contribution in [0.4, 0.5) is 8.78 Å². The molecule has 2 aromatic rings. The predicted octanol–water partition coefficient (Wildman–Crippen LogP) is 3.42. The zero-order valence-corrected chi connectivity index (χ0v) is 16.6. The number of halogens is 2. The van der Waals surface area contributed by atoms with E-state index in [2.05, 4.69) is 0 Å². The molecule has 2 fully saturated rings. The Labute approximate surface area is 174 Å². The first-order chi connectivity index (χ1) is 14.5. The molecule has 0 aromatic heterocycles. The van der Waals surface area contributed by atoms with Gasteiger partial charge in [0.1, 0.15) is 17.7 Å². The molecule has 2 amide bonds. The quantitative estimate of drug-likeness (QED) is 0.774. The molecule has 5 nitrogen and oxygen atoms in total. The third-order valence-electron chi connectivity index (χ3n) is 5.77. The molecule has 2 aromatic carbocycles. The number of ether oxygens (including phenoxy) is 1. The maximum Gasteiger partial charge on any atom is 0.253 e. The monoisotopic (exact) mass is 414 g/mol. The normalized spacial score (nSPS) is 22.1. The highest BCUT2D eigenvalue weighted by Gasteiger charge is 2.34. The van der Waals surface area contributed by atoms with Crippen molar-refractivity contribution in [3.63, 3.8) is 0 Å². The summed E-state index contributed by atoms with van der Waals surface area (Å²) in [4.78, 5) is 29.4. The van der Waals surface area contributed by atoms with Crippen LogP contribution in [-0.2, 0) is 9.53 Å². The lowest BCUT2D eigenvalue weighted by molar-refractivity contribution is -0.144. The molecule has 4 rings (SSSR count). The summed E-state index contributed by atoms with van der Waals surface area (Å²) in [5, 5.41) is 0. The lowest BCUT2D eigenvalue weighted by atomic mass is 9.95. The number of morpholine rings is 1. The van der Waals surface area contributed by atoms with Gasteiger partial charge in [-0.2, -0.15) is 0 Å². The van der Waals surface area contributed by atoms with E-state index in [9.17, 15) is 18.4 Å². The highest BCUT2D eigenvalue weighted by Crippen LogP contribution is 2.26. The van der Waals surface area contributed by atoms with Gasteiger partial charge < -0.3 is 14.5 Å². The number of rotatable bonds is 3. The van der Waals surface area contributed by atoms with Crippen LogP contribution in [0, 0.1) is 17.6 Å². The molecule has 158 valence electrons. The Balaban J connectivity index is 1.40. The van der Waals surface area contributed by atoms with Gasteiger partial charge >= 0.3 is 0 Å². The van der Waals surface area contributed by atoms with Gasteiger partial charge in [0.05, 0.1) is 19.1 Å². The molecule has 2 heterocycles. The average molecular weight is 414 g/mol. The maximum atomic E-state index is 13.2. The topological polar surface area (TPSA) is 49.9 Å². The van der Waals surface area contributed by atoms with Crippen LogP contribution < -0.4 is 0 Å². The van der Waals surface area contributed by atoms with E-state index in [1.165, 1.54) is 36.4 Å². The van der Waals surface area contributed by atoms with Crippen LogP contribution in [0.5, 0.6) is 0 Å². The number of nitrogens with zero attached hydrogens (tertiary/aromatic N) is 2. The van der Waals surface area contributed by atoms with Gasteiger partial charge in [0, 0.05) is 25.2 Å².